The number of aliphatic carboxylic acids is 1. The molecule has 0 aromatic rings. The summed E-state index contributed by atoms with van der Waals surface area (Å²) >= 11 is 0. The first-order chi connectivity index (χ1) is 11.1. The molecule has 1 rings (SSSR count). The Morgan fingerprint density at radius 1 is 1.54 bits per heavy atom. The van der Waals surface area contributed by atoms with Crippen molar-refractivity contribution >= 4 is 11.9 Å². The number of aliphatic hydroxyl groups excluding tert-OH is 3. The van der Waals surface area contributed by atoms with E-state index in [9.17, 15) is 38.8 Å². The van der Waals surface area contributed by atoms with E-state index >= 15 is 0 Å². The van der Waals surface area contributed by atoms with Gasteiger partial charge in [-0.25, -0.2) is 8.78 Å². The number of azide groups is 1. The number of hydrogen-bond donors (Lipinski definition) is 4. The van der Waals surface area contributed by atoms with Crippen LogP contribution in [0.15, 0.2) is 5.11 Å². The molecule has 4 N–H and O–H groups in total. The van der Waals surface area contributed by atoms with E-state index in [0.717, 1.165) is 6.92 Å². The van der Waals surface area contributed by atoms with Gasteiger partial charge in [0.1, 0.15) is 24.3 Å². The van der Waals surface area contributed by atoms with E-state index in [0.29, 0.717) is 0 Å². The number of carboxylic acid groups (broad SMARTS) is 1. The first kappa shape index (κ1) is 20.0. The Kier molecular flexibility index (Phi) is 6.40. The lowest BCUT2D eigenvalue weighted by molar-refractivity contribution is -0.370. The van der Waals surface area contributed by atoms with Crippen molar-refractivity contribution in [2.75, 3.05) is 6.54 Å². The molecule has 1 aliphatic rings. The molecular weight excluding hydrogens is 338 g/mol. The number of hydrogen-bond acceptors (Lipinski definition) is 8. The zero-order valence-electron chi connectivity index (χ0n) is 12.2. The van der Waals surface area contributed by atoms with E-state index in [1.807, 2.05) is 5.32 Å². The third-order valence-corrected chi connectivity index (χ3v) is 3.40. The normalized spacial score (nSPS) is 35.4. The van der Waals surface area contributed by atoms with Crippen LogP contribution in [0.1, 0.15) is 6.92 Å². The van der Waals surface area contributed by atoms with Crippen LogP contribution in [-0.4, -0.2) is 76.2 Å². The van der Waals surface area contributed by atoms with Crippen molar-refractivity contribution in [1.29, 1.82) is 0 Å². The molecule has 0 saturated carbocycles. The summed E-state index contributed by atoms with van der Waals surface area (Å²) in [4.78, 5) is 24.3. The molecular formula is C11H15F2N4O7-. The van der Waals surface area contributed by atoms with Crippen molar-refractivity contribution in [2.45, 2.75) is 49.4 Å². The number of rotatable bonds is 6. The van der Waals surface area contributed by atoms with Gasteiger partial charge < -0.3 is 35.3 Å². The predicted molar refractivity (Wildman–Crippen MR) is 68.3 cm³/mol. The zero-order valence-corrected chi connectivity index (χ0v) is 12.2. The summed E-state index contributed by atoms with van der Waals surface area (Å²) in [5, 5.41) is 45.1. The molecule has 1 saturated heterocycles. The van der Waals surface area contributed by atoms with Crippen molar-refractivity contribution in [3.63, 3.8) is 0 Å². The SMILES string of the molecule is CC(=O)N[C@H]1C([C@@H](O)[C@H](O)CN=[N+]=[N-])O[C@@](F)(C(=O)[O-])[C@H](F)[C@@H]1O. The quantitative estimate of drug-likeness (QED) is 0.223. The maximum Gasteiger partial charge on any atom is 0.284 e. The number of carbonyl (C=O) groups excluding carboxylic acids is 2. The highest BCUT2D eigenvalue weighted by Crippen LogP contribution is 2.35. The number of halogens is 2. The van der Waals surface area contributed by atoms with Gasteiger partial charge in [0.25, 0.3) is 5.85 Å². The molecule has 11 nitrogen and oxygen atoms in total. The van der Waals surface area contributed by atoms with Crippen LogP contribution in [-0.2, 0) is 14.3 Å². The van der Waals surface area contributed by atoms with E-state index < -0.39 is 60.9 Å². The smallest absolute Gasteiger partial charge is 0.284 e. The maximum absolute atomic E-state index is 14.2. The number of carboxylic acids is 1. The molecule has 1 fully saturated rings. The summed E-state index contributed by atoms with van der Waals surface area (Å²) in [6, 6.07) is -1.79. The van der Waals surface area contributed by atoms with Crippen LogP contribution in [0, 0.1) is 0 Å². The molecule has 1 aliphatic heterocycles. The lowest BCUT2D eigenvalue weighted by atomic mass is 9.88. The van der Waals surface area contributed by atoms with E-state index in [1.54, 1.807) is 0 Å². The van der Waals surface area contributed by atoms with Crippen LogP contribution in [0.5, 0.6) is 0 Å². The second-order valence-electron chi connectivity index (χ2n) is 5.10. The van der Waals surface area contributed by atoms with Gasteiger partial charge in [-0.05, 0) is 5.53 Å². The number of nitrogens with one attached hydrogen (secondary N) is 1. The van der Waals surface area contributed by atoms with Gasteiger partial charge in [-0.15, -0.1) is 0 Å². The minimum atomic E-state index is -4.13. The predicted octanol–water partition coefficient (Wildman–Crippen LogP) is -2.96. The number of carbonyl (C=O) groups is 2. The molecule has 1 heterocycles. The highest BCUT2D eigenvalue weighted by Gasteiger charge is 2.59. The van der Waals surface area contributed by atoms with E-state index in [2.05, 4.69) is 14.8 Å². The van der Waals surface area contributed by atoms with E-state index in [4.69, 9.17) is 5.53 Å². The number of nitrogens with zero attached hydrogens (tertiary/aromatic N) is 3. The Morgan fingerprint density at radius 3 is 2.58 bits per heavy atom. The summed E-state index contributed by atoms with van der Waals surface area (Å²) in [5.41, 5.74) is 8.15. The Morgan fingerprint density at radius 2 is 2.12 bits per heavy atom. The fourth-order valence-electron chi connectivity index (χ4n) is 2.22. The second-order valence-corrected chi connectivity index (χ2v) is 5.10. The molecule has 0 aliphatic carbocycles. The largest absolute Gasteiger partial charge is 0.544 e. The molecule has 0 spiro atoms. The zero-order chi connectivity index (χ0) is 18.7. The molecule has 0 radical (unpaired) electrons. The van der Waals surface area contributed by atoms with Gasteiger partial charge in [-0.3, -0.25) is 4.79 Å². The summed E-state index contributed by atoms with van der Waals surface area (Å²) in [7, 11) is 0. The summed E-state index contributed by atoms with van der Waals surface area (Å²) in [6.45, 7) is 0.236. The van der Waals surface area contributed by atoms with Gasteiger partial charge in [0.2, 0.25) is 5.91 Å². The van der Waals surface area contributed by atoms with Crippen molar-refractivity contribution in [2.24, 2.45) is 5.11 Å². The Labute approximate surface area is 133 Å². The lowest BCUT2D eigenvalue weighted by Gasteiger charge is -2.47. The molecule has 0 aromatic heterocycles. The van der Waals surface area contributed by atoms with E-state index in [1.165, 1.54) is 0 Å². The van der Waals surface area contributed by atoms with Gasteiger partial charge in [-0.2, -0.15) is 0 Å². The monoisotopic (exact) mass is 353 g/mol. The van der Waals surface area contributed by atoms with Gasteiger partial charge >= 0.3 is 0 Å². The average molecular weight is 353 g/mol. The minimum absolute atomic E-state index is 0.718. The van der Waals surface area contributed by atoms with Crippen LogP contribution in [0.25, 0.3) is 10.4 Å². The summed E-state index contributed by atoms with van der Waals surface area (Å²) in [5.74, 6) is -7.62. The fourth-order valence-corrected chi connectivity index (χ4v) is 2.22. The summed E-state index contributed by atoms with van der Waals surface area (Å²) < 4.78 is 32.4. The van der Waals surface area contributed by atoms with Crippen molar-refractivity contribution in [3.8, 4) is 0 Å². The number of aliphatic hydroxyl groups is 3. The molecule has 7 atom stereocenters. The first-order valence-corrected chi connectivity index (χ1v) is 6.60. The van der Waals surface area contributed by atoms with Gasteiger partial charge in [-0.1, -0.05) is 5.11 Å². The Hall–Kier alpha value is -2.05. The minimum Gasteiger partial charge on any atom is -0.544 e. The van der Waals surface area contributed by atoms with Gasteiger partial charge in [0, 0.05) is 11.8 Å². The van der Waals surface area contributed by atoms with Crippen molar-refractivity contribution < 1.29 is 43.5 Å². The fraction of sp³-hybridized carbons (Fsp3) is 0.818. The van der Waals surface area contributed by atoms with Gasteiger partial charge in [0.05, 0.1) is 18.7 Å². The summed E-state index contributed by atoms with van der Waals surface area (Å²) in [6.07, 6.45) is -11.7. The second kappa shape index (κ2) is 7.68. The van der Waals surface area contributed by atoms with Crippen molar-refractivity contribution in [3.05, 3.63) is 10.4 Å². The van der Waals surface area contributed by atoms with Crippen LogP contribution >= 0.6 is 0 Å². The molecule has 13 heteroatoms. The number of amides is 1. The molecule has 24 heavy (non-hydrogen) atoms. The average Bonchev–Trinajstić information content (AvgIpc) is 2.51. The number of alkyl halides is 2. The maximum atomic E-state index is 14.2. The highest BCUT2D eigenvalue weighted by atomic mass is 19.2. The van der Waals surface area contributed by atoms with Crippen LogP contribution in [0.3, 0.4) is 0 Å². The van der Waals surface area contributed by atoms with Gasteiger partial charge in [0.15, 0.2) is 6.17 Å². The molecule has 0 aromatic carbocycles. The Bertz CT molecular complexity index is 546. The molecule has 1 unspecified atom stereocenters. The molecule has 1 amide bonds. The Balaban J connectivity index is 3.19. The highest BCUT2D eigenvalue weighted by molar-refractivity contribution is 5.75. The standard InChI is InChI=1S/C11H16F2N4O7/c1-3(18)16-5-7(21)9(12)11(13,10(22)23)24-8(5)6(20)4(19)2-15-17-14/h4-9,19-21H,2H2,1H3,(H,16,18)(H,22,23)/p-1/t4-,5-,6+,7-,8?,9-,11-/m1/s1. The third-order valence-electron chi connectivity index (χ3n) is 3.40. The molecule has 136 valence electrons. The molecule has 0 bridgehead atoms. The lowest BCUT2D eigenvalue weighted by Crippen LogP contribution is -2.72. The van der Waals surface area contributed by atoms with Crippen LogP contribution in [0.2, 0.25) is 0 Å². The topological polar surface area (TPSA) is 188 Å². The number of ether oxygens (including phenoxy) is 1. The third kappa shape index (κ3) is 3.88. The first-order valence-electron chi connectivity index (χ1n) is 6.60. The van der Waals surface area contributed by atoms with Crippen LogP contribution in [0.4, 0.5) is 8.78 Å². The van der Waals surface area contributed by atoms with Crippen molar-refractivity contribution in [1.82, 2.24) is 5.32 Å². The van der Waals surface area contributed by atoms with Crippen LogP contribution < -0.4 is 10.4 Å². The van der Waals surface area contributed by atoms with E-state index in [-0.39, 0.29) is 0 Å².